The molecule has 6 nitrogen and oxygen atoms in total. The van der Waals surface area contributed by atoms with Gasteiger partial charge in [-0.3, -0.25) is 14.5 Å². The van der Waals surface area contributed by atoms with Crippen molar-refractivity contribution >= 4 is 11.8 Å². The number of likely N-dealkylation sites (tertiary alicyclic amines) is 1. The van der Waals surface area contributed by atoms with Crippen LogP contribution in [0.2, 0.25) is 0 Å². The van der Waals surface area contributed by atoms with E-state index in [0.29, 0.717) is 13.1 Å². The quantitative estimate of drug-likeness (QED) is 0.675. The standard InChI is InChI=1S/C13H26N4O2/c1-4-17(8-12(18)15-10(2)3)13(19)9-16-6-5-11(14)7-16/h10-11H,4-9,14H2,1-3H3,(H,15,18)/t11-/m0/s1. The Morgan fingerprint density at radius 2 is 2.16 bits per heavy atom. The number of amides is 2. The second kappa shape index (κ2) is 7.45. The van der Waals surface area contributed by atoms with Gasteiger partial charge >= 0.3 is 0 Å². The second-order valence-corrected chi connectivity index (χ2v) is 5.41. The summed E-state index contributed by atoms with van der Waals surface area (Å²) in [6.07, 6.45) is 0.938. The Balaban J connectivity index is 2.40. The molecule has 2 amide bonds. The number of nitrogens with two attached hydrogens (primary N) is 1. The van der Waals surface area contributed by atoms with E-state index in [9.17, 15) is 9.59 Å². The zero-order chi connectivity index (χ0) is 14.4. The van der Waals surface area contributed by atoms with Crippen LogP contribution in [0.1, 0.15) is 27.2 Å². The Morgan fingerprint density at radius 1 is 1.47 bits per heavy atom. The molecule has 0 aromatic carbocycles. The predicted molar refractivity (Wildman–Crippen MR) is 74.6 cm³/mol. The minimum Gasteiger partial charge on any atom is -0.352 e. The molecule has 1 rings (SSSR count). The Bertz CT molecular complexity index is 320. The lowest BCUT2D eigenvalue weighted by Gasteiger charge is -2.24. The molecule has 1 aliphatic rings. The maximum absolute atomic E-state index is 12.1. The fourth-order valence-corrected chi connectivity index (χ4v) is 2.21. The molecule has 0 bridgehead atoms. The summed E-state index contributed by atoms with van der Waals surface area (Å²) in [5.41, 5.74) is 5.81. The predicted octanol–water partition coefficient (Wildman–Crippen LogP) is -0.607. The first-order chi connectivity index (χ1) is 8.92. The number of nitrogens with zero attached hydrogens (tertiary/aromatic N) is 2. The molecule has 1 heterocycles. The zero-order valence-corrected chi connectivity index (χ0v) is 12.2. The van der Waals surface area contributed by atoms with Crippen molar-refractivity contribution in [2.75, 3.05) is 32.7 Å². The first-order valence-electron chi connectivity index (χ1n) is 6.97. The summed E-state index contributed by atoms with van der Waals surface area (Å²) < 4.78 is 0. The molecular formula is C13H26N4O2. The monoisotopic (exact) mass is 270 g/mol. The van der Waals surface area contributed by atoms with E-state index in [2.05, 4.69) is 10.2 Å². The van der Waals surface area contributed by atoms with Gasteiger partial charge in [-0.25, -0.2) is 0 Å². The Kier molecular flexibility index (Phi) is 6.24. The minimum absolute atomic E-state index is 0.00416. The van der Waals surface area contributed by atoms with Gasteiger partial charge in [0.05, 0.1) is 13.1 Å². The van der Waals surface area contributed by atoms with Crippen LogP contribution < -0.4 is 11.1 Å². The fraction of sp³-hybridized carbons (Fsp3) is 0.846. The molecule has 0 saturated carbocycles. The van der Waals surface area contributed by atoms with Gasteiger partial charge in [0.1, 0.15) is 0 Å². The van der Waals surface area contributed by atoms with Crippen molar-refractivity contribution in [1.82, 2.24) is 15.1 Å². The van der Waals surface area contributed by atoms with E-state index in [1.165, 1.54) is 0 Å². The summed E-state index contributed by atoms with van der Waals surface area (Å²) in [5.74, 6) is -0.112. The van der Waals surface area contributed by atoms with Crippen LogP contribution in [0.15, 0.2) is 0 Å². The van der Waals surface area contributed by atoms with Crippen LogP contribution in [0.4, 0.5) is 0 Å². The molecule has 6 heteroatoms. The number of nitrogens with one attached hydrogen (secondary N) is 1. The molecule has 1 aliphatic heterocycles. The van der Waals surface area contributed by atoms with Gasteiger partial charge in [0.2, 0.25) is 11.8 Å². The molecule has 1 fully saturated rings. The number of hydrogen-bond donors (Lipinski definition) is 2. The average molecular weight is 270 g/mol. The van der Waals surface area contributed by atoms with Gasteiger partial charge in [0.25, 0.3) is 0 Å². The van der Waals surface area contributed by atoms with Crippen LogP contribution in [-0.4, -0.2) is 66.4 Å². The highest BCUT2D eigenvalue weighted by Crippen LogP contribution is 2.07. The molecule has 0 unspecified atom stereocenters. The highest BCUT2D eigenvalue weighted by molar-refractivity contribution is 5.85. The smallest absolute Gasteiger partial charge is 0.239 e. The molecule has 1 saturated heterocycles. The van der Waals surface area contributed by atoms with Crippen molar-refractivity contribution in [1.29, 1.82) is 0 Å². The Labute approximate surface area is 115 Å². The SMILES string of the molecule is CCN(CC(=O)NC(C)C)C(=O)CN1CC[C@H](N)C1. The second-order valence-electron chi connectivity index (χ2n) is 5.41. The summed E-state index contributed by atoms with van der Waals surface area (Å²) in [4.78, 5) is 27.4. The van der Waals surface area contributed by atoms with Crippen molar-refractivity contribution in [3.8, 4) is 0 Å². The third kappa shape index (κ3) is 5.57. The number of hydrogen-bond acceptors (Lipinski definition) is 4. The molecule has 0 aromatic rings. The van der Waals surface area contributed by atoms with Gasteiger partial charge in [0, 0.05) is 31.7 Å². The Morgan fingerprint density at radius 3 is 2.63 bits per heavy atom. The molecule has 0 radical (unpaired) electrons. The fourth-order valence-electron chi connectivity index (χ4n) is 2.21. The molecule has 0 aliphatic carbocycles. The molecule has 110 valence electrons. The van der Waals surface area contributed by atoms with Gasteiger partial charge in [-0.2, -0.15) is 0 Å². The van der Waals surface area contributed by atoms with Crippen molar-refractivity contribution in [2.24, 2.45) is 5.73 Å². The number of likely N-dealkylation sites (N-methyl/N-ethyl adjacent to an activating group) is 1. The van der Waals surface area contributed by atoms with E-state index in [0.717, 1.165) is 19.5 Å². The average Bonchev–Trinajstić information content (AvgIpc) is 2.70. The minimum atomic E-state index is -0.108. The van der Waals surface area contributed by atoms with Crippen molar-refractivity contribution in [3.63, 3.8) is 0 Å². The lowest BCUT2D eigenvalue weighted by molar-refractivity contribution is -0.136. The topological polar surface area (TPSA) is 78.7 Å². The van der Waals surface area contributed by atoms with Crippen molar-refractivity contribution in [2.45, 2.75) is 39.3 Å². The van der Waals surface area contributed by atoms with E-state index in [4.69, 9.17) is 5.73 Å². The van der Waals surface area contributed by atoms with Gasteiger partial charge < -0.3 is 16.0 Å². The largest absolute Gasteiger partial charge is 0.352 e. The summed E-state index contributed by atoms with van der Waals surface area (Å²) in [6, 6.07) is 0.269. The van der Waals surface area contributed by atoms with Crippen LogP contribution in [0, 0.1) is 0 Å². The number of carbonyl (C=O) groups excluding carboxylic acids is 2. The van der Waals surface area contributed by atoms with E-state index >= 15 is 0 Å². The molecular weight excluding hydrogens is 244 g/mol. The van der Waals surface area contributed by atoms with E-state index < -0.39 is 0 Å². The van der Waals surface area contributed by atoms with Gasteiger partial charge in [-0.1, -0.05) is 0 Å². The van der Waals surface area contributed by atoms with Crippen LogP contribution in [0.25, 0.3) is 0 Å². The normalized spacial score (nSPS) is 19.7. The Hall–Kier alpha value is -1.14. The zero-order valence-electron chi connectivity index (χ0n) is 12.2. The van der Waals surface area contributed by atoms with E-state index in [1.54, 1.807) is 4.90 Å². The number of rotatable bonds is 6. The molecule has 3 N–H and O–H groups in total. The first kappa shape index (κ1) is 15.9. The highest BCUT2D eigenvalue weighted by atomic mass is 16.2. The number of carbonyl (C=O) groups is 2. The van der Waals surface area contributed by atoms with Gasteiger partial charge in [-0.15, -0.1) is 0 Å². The summed E-state index contributed by atoms with van der Waals surface area (Å²) in [6.45, 7) is 8.36. The lowest BCUT2D eigenvalue weighted by Crippen LogP contribution is -2.46. The molecule has 0 aromatic heterocycles. The molecule has 0 spiro atoms. The van der Waals surface area contributed by atoms with Crippen LogP contribution in [0.3, 0.4) is 0 Å². The van der Waals surface area contributed by atoms with Crippen LogP contribution >= 0.6 is 0 Å². The summed E-state index contributed by atoms with van der Waals surface area (Å²) in [7, 11) is 0. The first-order valence-corrected chi connectivity index (χ1v) is 6.97. The highest BCUT2D eigenvalue weighted by Gasteiger charge is 2.24. The lowest BCUT2D eigenvalue weighted by atomic mass is 10.3. The molecule has 1 atom stereocenters. The third-order valence-corrected chi connectivity index (χ3v) is 3.19. The van der Waals surface area contributed by atoms with Gasteiger partial charge in [-0.05, 0) is 27.2 Å². The summed E-state index contributed by atoms with van der Waals surface area (Å²) in [5, 5.41) is 2.80. The van der Waals surface area contributed by atoms with E-state index in [1.807, 2.05) is 20.8 Å². The van der Waals surface area contributed by atoms with Gasteiger partial charge in [0.15, 0.2) is 0 Å². The third-order valence-electron chi connectivity index (χ3n) is 3.19. The summed E-state index contributed by atoms with van der Waals surface area (Å²) >= 11 is 0. The van der Waals surface area contributed by atoms with Crippen molar-refractivity contribution in [3.05, 3.63) is 0 Å². The van der Waals surface area contributed by atoms with Crippen molar-refractivity contribution < 1.29 is 9.59 Å². The molecule has 19 heavy (non-hydrogen) atoms. The van der Waals surface area contributed by atoms with E-state index in [-0.39, 0.29) is 30.4 Å². The maximum Gasteiger partial charge on any atom is 0.239 e. The van der Waals surface area contributed by atoms with Crippen LogP contribution in [-0.2, 0) is 9.59 Å². The maximum atomic E-state index is 12.1. The van der Waals surface area contributed by atoms with Crippen LogP contribution in [0.5, 0.6) is 0 Å².